The molecule has 1 heterocycles. The first-order chi connectivity index (χ1) is 12.9. The highest BCUT2D eigenvalue weighted by atomic mass is 35.5. The second-order valence-corrected chi connectivity index (χ2v) is 6.57. The molecule has 3 rings (SSSR count). The third-order valence-corrected chi connectivity index (χ3v) is 4.16. The van der Waals surface area contributed by atoms with Crippen molar-refractivity contribution < 1.29 is 18.7 Å². The predicted octanol–water partition coefficient (Wildman–Crippen LogP) is 5.12. The van der Waals surface area contributed by atoms with Crippen molar-refractivity contribution in [1.82, 2.24) is 10.2 Å². The lowest BCUT2D eigenvalue weighted by atomic mass is 10.2. The first-order valence-electron chi connectivity index (χ1n) is 8.15. The molecule has 1 aromatic heterocycles. The molecule has 0 saturated carbocycles. The van der Waals surface area contributed by atoms with Gasteiger partial charge in [0.05, 0.1) is 5.02 Å². The van der Waals surface area contributed by atoms with Crippen molar-refractivity contribution in [3.05, 3.63) is 64.5 Å². The molecule has 0 aliphatic rings. The molecule has 0 amide bonds. The minimum absolute atomic E-state index is 0.193. The molecule has 3 aromatic rings. The summed E-state index contributed by atoms with van der Waals surface area (Å²) in [6, 6.07) is 14.0. The van der Waals surface area contributed by atoms with E-state index in [1.54, 1.807) is 26.0 Å². The maximum Gasteiger partial charge on any atom is 0.347 e. The van der Waals surface area contributed by atoms with Crippen LogP contribution in [0, 0.1) is 0 Å². The van der Waals surface area contributed by atoms with Crippen LogP contribution in [0.15, 0.2) is 52.9 Å². The highest BCUT2D eigenvalue weighted by molar-refractivity contribution is 6.35. The minimum Gasteiger partial charge on any atom is -0.477 e. The minimum atomic E-state index is -0.886. The smallest absolute Gasteiger partial charge is 0.347 e. The van der Waals surface area contributed by atoms with E-state index in [9.17, 15) is 4.79 Å². The molecule has 0 aliphatic carbocycles. The summed E-state index contributed by atoms with van der Waals surface area (Å²) in [4.78, 5) is 12.3. The number of aromatic nitrogens is 2. The monoisotopic (exact) mass is 406 g/mol. The van der Waals surface area contributed by atoms with E-state index in [2.05, 4.69) is 10.2 Å². The maximum absolute atomic E-state index is 12.3. The summed E-state index contributed by atoms with van der Waals surface area (Å²) < 4.78 is 16.5. The molecular formula is C19H16Cl2N2O4. The number of hydrogen-bond acceptors (Lipinski definition) is 6. The summed E-state index contributed by atoms with van der Waals surface area (Å²) in [5, 5.41) is 8.70. The second kappa shape index (κ2) is 8.41. The maximum atomic E-state index is 12.3. The third-order valence-electron chi connectivity index (χ3n) is 3.63. The third kappa shape index (κ3) is 4.78. The predicted molar refractivity (Wildman–Crippen MR) is 101 cm³/mol. The van der Waals surface area contributed by atoms with Gasteiger partial charge < -0.3 is 13.9 Å². The highest BCUT2D eigenvalue weighted by Crippen LogP contribution is 2.29. The number of halogens is 2. The van der Waals surface area contributed by atoms with Gasteiger partial charge >= 0.3 is 5.97 Å². The average molecular weight is 407 g/mol. The standard InChI is InChI=1S/C19H16Cl2N2O4/c1-11(17-22-23-18(27-17)13-6-4-3-5-7-13)26-19(24)12(2)25-16-9-8-14(20)10-15(16)21/h3-12H,1-2H3/t11-,12+/m0/s1. The summed E-state index contributed by atoms with van der Waals surface area (Å²) in [6.07, 6.45) is -1.61. The molecule has 27 heavy (non-hydrogen) atoms. The molecule has 0 unspecified atom stereocenters. The van der Waals surface area contributed by atoms with Crippen molar-refractivity contribution in [1.29, 1.82) is 0 Å². The lowest BCUT2D eigenvalue weighted by molar-refractivity contribution is -0.157. The van der Waals surface area contributed by atoms with Crippen molar-refractivity contribution in [3.63, 3.8) is 0 Å². The normalized spacial score (nSPS) is 13.0. The van der Waals surface area contributed by atoms with Crippen LogP contribution in [0.25, 0.3) is 11.5 Å². The fraction of sp³-hybridized carbons (Fsp3) is 0.211. The van der Waals surface area contributed by atoms with Crippen LogP contribution >= 0.6 is 23.2 Å². The van der Waals surface area contributed by atoms with Crippen molar-refractivity contribution in [2.75, 3.05) is 0 Å². The molecule has 140 valence electrons. The molecule has 0 N–H and O–H groups in total. The van der Waals surface area contributed by atoms with E-state index in [4.69, 9.17) is 37.1 Å². The average Bonchev–Trinajstić information content (AvgIpc) is 3.15. The summed E-state index contributed by atoms with van der Waals surface area (Å²) in [5.74, 6) is 0.292. The highest BCUT2D eigenvalue weighted by Gasteiger charge is 2.24. The van der Waals surface area contributed by atoms with E-state index in [1.807, 2.05) is 30.3 Å². The van der Waals surface area contributed by atoms with Crippen LogP contribution in [0.4, 0.5) is 0 Å². The van der Waals surface area contributed by atoms with Gasteiger partial charge in [0.25, 0.3) is 5.89 Å². The molecule has 2 atom stereocenters. The van der Waals surface area contributed by atoms with Crippen molar-refractivity contribution in [2.45, 2.75) is 26.1 Å². The molecule has 6 nitrogen and oxygen atoms in total. The number of nitrogens with zero attached hydrogens (tertiary/aromatic N) is 2. The van der Waals surface area contributed by atoms with E-state index >= 15 is 0 Å². The Balaban J connectivity index is 1.62. The second-order valence-electron chi connectivity index (χ2n) is 5.73. The molecule has 0 radical (unpaired) electrons. The largest absolute Gasteiger partial charge is 0.477 e. The van der Waals surface area contributed by atoms with Crippen LogP contribution in [0.3, 0.4) is 0 Å². The Bertz CT molecular complexity index is 930. The van der Waals surface area contributed by atoms with Crippen molar-refractivity contribution >= 4 is 29.2 Å². The Kier molecular flexibility index (Phi) is 5.98. The topological polar surface area (TPSA) is 74.5 Å². The molecule has 0 bridgehead atoms. The number of esters is 1. The summed E-state index contributed by atoms with van der Waals surface area (Å²) in [6.45, 7) is 3.20. The first kappa shape index (κ1) is 19.2. The molecule has 0 aliphatic heterocycles. The fourth-order valence-corrected chi connectivity index (χ4v) is 2.68. The van der Waals surface area contributed by atoms with E-state index in [0.29, 0.717) is 21.7 Å². The summed E-state index contributed by atoms with van der Waals surface area (Å²) in [7, 11) is 0. The van der Waals surface area contributed by atoms with Gasteiger partial charge in [0.15, 0.2) is 12.2 Å². The molecule has 2 aromatic carbocycles. The van der Waals surface area contributed by atoms with Crippen molar-refractivity contribution in [3.8, 4) is 17.2 Å². The van der Waals surface area contributed by atoms with E-state index in [0.717, 1.165) is 5.56 Å². The Morgan fingerprint density at radius 3 is 2.52 bits per heavy atom. The molecule has 0 fully saturated rings. The van der Waals surface area contributed by atoms with Crippen LogP contribution in [-0.4, -0.2) is 22.3 Å². The lowest BCUT2D eigenvalue weighted by Crippen LogP contribution is -2.27. The zero-order valence-electron chi connectivity index (χ0n) is 14.6. The van der Waals surface area contributed by atoms with Gasteiger partial charge in [0, 0.05) is 10.6 Å². The van der Waals surface area contributed by atoms with Crippen LogP contribution in [0.2, 0.25) is 10.0 Å². The van der Waals surface area contributed by atoms with Crippen LogP contribution in [0.5, 0.6) is 5.75 Å². The summed E-state index contributed by atoms with van der Waals surface area (Å²) in [5.41, 5.74) is 0.781. The molecular weight excluding hydrogens is 391 g/mol. The Morgan fingerprint density at radius 2 is 1.81 bits per heavy atom. The van der Waals surface area contributed by atoms with Gasteiger partial charge in [-0.05, 0) is 44.2 Å². The molecule has 0 saturated heterocycles. The van der Waals surface area contributed by atoms with E-state index < -0.39 is 18.2 Å². The Hall–Kier alpha value is -2.57. The van der Waals surface area contributed by atoms with Gasteiger partial charge in [-0.1, -0.05) is 41.4 Å². The number of hydrogen-bond donors (Lipinski definition) is 0. The quantitative estimate of drug-likeness (QED) is 0.529. The van der Waals surface area contributed by atoms with Crippen molar-refractivity contribution in [2.24, 2.45) is 0 Å². The fourth-order valence-electron chi connectivity index (χ4n) is 2.23. The number of rotatable bonds is 6. The van der Waals surface area contributed by atoms with Gasteiger partial charge in [-0.25, -0.2) is 4.79 Å². The van der Waals surface area contributed by atoms with Crippen LogP contribution < -0.4 is 4.74 Å². The van der Waals surface area contributed by atoms with Gasteiger partial charge in [-0.3, -0.25) is 0 Å². The first-order valence-corrected chi connectivity index (χ1v) is 8.90. The van der Waals surface area contributed by atoms with Gasteiger partial charge in [-0.15, -0.1) is 10.2 Å². The van der Waals surface area contributed by atoms with Crippen LogP contribution in [0.1, 0.15) is 25.8 Å². The van der Waals surface area contributed by atoms with E-state index in [1.165, 1.54) is 6.07 Å². The molecule has 8 heteroatoms. The lowest BCUT2D eigenvalue weighted by Gasteiger charge is -2.16. The number of carbonyl (C=O) groups excluding carboxylic acids is 1. The summed E-state index contributed by atoms with van der Waals surface area (Å²) >= 11 is 11.9. The number of ether oxygens (including phenoxy) is 2. The zero-order chi connectivity index (χ0) is 19.4. The van der Waals surface area contributed by atoms with Gasteiger partial charge in [0.2, 0.25) is 5.89 Å². The number of carbonyl (C=O) groups is 1. The molecule has 0 spiro atoms. The van der Waals surface area contributed by atoms with E-state index in [-0.39, 0.29) is 5.89 Å². The SMILES string of the molecule is C[C@H](OC(=O)[C@@H](C)Oc1ccc(Cl)cc1Cl)c1nnc(-c2ccccc2)o1. The zero-order valence-corrected chi connectivity index (χ0v) is 16.1. The number of benzene rings is 2. The Morgan fingerprint density at radius 1 is 1.07 bits per heavy atom. The Labute approximate surface area is 166 Å². The van der Waals surface area contributed by atoms with Gasteiger partial charge in [-0.2, -0.15) is 0 Å². The van der Waals surface area contributed by atoms with Gasteiger partial charge in [0.1, 0.15) is 5.75 Å². The van der Waals surface area contributed by atoms with Crippen LogP contribution in [-0.2, 0) is 9.53 Å².